The largest absolute Gasteiger partial charge is 0.326 e. The molecular weight excluding hydrogens is 416 g/mol. The van der Waals surface area contributed by atoms with Gasteiger partial charge in [-0.25, -0.2) is 4.79 Å². The Morgan fingerprint density at radius 2 is 1.73 bits per heavy atom. The quantitative estimate of drug-likeness (QED) is 0.540. The Hall–Kier alpha value is -3.19. The number of carbonyl (C=O) groups excluding carboxylic acids is 3. The topological polar surface area (TPSA) is 90.5 Å². The number of urea groups is 1. The number of aryl methyl sites for hydroxylation is 1. The highest BCUT2D eigenvalue weighted by molar-refractivity contribution is 6.07. The molecule has 2 saturated heterocycles. The number of hydrogen-bond acceptors (Lipinski definition) is 4. The molecule has 7 heteroatoms. The predicted octanol–water partition coefficient (Wildman–Crippen LogP) is 3.46. The third-order valence-electron chi connectivity index (χ3n) is 6.81. The van der Waals surface area contributed by atoms with Crippen molar-refractivity contribution < 1.29 is 14.4 Å². The van der Waals surface area contributed by atoms with Gasteiger partial charge in [-0.15, -0.1) is 0 Å². The second-order valence-electron chi connectivity index (χ2n) is 9.15. The van der Waals surface area contributed by atoms with E-state index in [1.807, 2.05) is 42.5 Å². The Morgan fingerprint density at radius 1 is 1.03 bits per heavy atom. The highest BCUT2D eigenvalue weighted by Gasteiger charge is 2.51. The Kier molecular flexibility index (Phi) is 7.08. The maximum atomic E-state index is 12.9. The third kappa shape index (κ3) is 5.60. The molecule has 2 aromatic rings. The molecule has 2 heterocycles. The molecule has 2 aliphatic heterocycles. The van der Waals surface area contributed by atoms with Gasteiger partial charge in [-0.2, -0.15) is 0 Å². The van der Waals surface area contributed by atoms with Gasteiger partial charge in [-0.05, 0) is 74.4 Å². The van der Waals surface area contributed by atoms with Gasteiger partial charge < -0.3 is 10.6 Å². The first-order valence-corrected chi connectivity index (χ1v) is 11.7. The number of nitrogens with one attached hydrogen (secondary N) is 3. The van der Waals surface area contributed by atoms with Crippen LogP contribution in [0.2, 0.25) is 0 Å². The molecule has 4 amide bonds. The Bertz CT molecular complexity index is 984. The number of benzene rings is 2. The normalized spacial score (nSPS) is 21.5. The zero-order valence-electron chi connectivity index (χ0n) is 19.1. The van der Waals surface area contributed by atoms with Crippen molar-refractivity contribution in [1.29, 1.82) is 0 Å². The molecule has 0 aliphatic carbocycles. The van der Waals surface area contributed by atoms with Crippen LogP contribution in [0.25, 0.3) is 0 Å². The van der Waals surface area contributed by atoms with Gasteiger partial charge in [0, 0.05) is 19.2 Å². The molecule has 0 unspecified atom stereocenters. The van der Waals surface area contributed by atoms with Crippen molar-refractivity contribution in [3.05, 3.63) is 65.7 Å². The first-order valence-electron chi connectivity index (χ1n) is 11.7. The van der Waals surface area contributed by atoms with Crippen LogP contribution >= 0.6 is 0 Å². The van der Waals surface area contributed by atoms with Gasteiger partial charge in [0.1, 0.15) is 5.54 Å². The Morgan fingerprint density at radius 3 is 2.33 bits per heavy atom. The fourth-order valence-electron chi connectivity index (χ4n) is 5.13. The minimum absolute atomic E-state index is 0.0782. The number of amides is 4. The van der Waals surface area contributed by atoms with E-state index in [4.69, 9.17) is 0 Å². The number of likely N-dealkylation sites (tertiary alicyclic amines) is 1. The minimum atomic E-state index is -0.808. The summed E-state index contributed by atoms with van der Waals surface area (Å²) in [4.78, 5) is 38.5. The molecule has 0 saturated carbocycles. The van der Waals surface area contributed by atoms with Gasteiger partial charge in [0.15, 0.2) is 0 Å². The van der Waals surface area contributed by atoms with Crippen molar-refractivity contribution >= 4 is 23.5 Å². The number of anilines is 1. The van der Waals surface area contributed by atoms with Crippen molar-refractivity contribution in [2.24, 2.45) is 5.92 Å². The van der Waals surface area contributed by atoms with Crippen LogP contribution in [0.5, 0.6) is 0 Å². The lowest BCUT2D eigenvalue weighted by atomic mass is 9.74. The van der Waals surface area contributed by atoms with Crippen LogP contribution in [0.4, 0.5) is 10.5 Å². The zero-order valence-corrected chi connectivity index (χ0v) is 19.1. The maximum Gasteiger partial charge on any atom is 0.322 e. The number of imide groups is 1. The summed E-state index contributed by atoms with van der Waals surface area (Å²) < 4.78 is 0. The molecule has 2 aliphatic rings. The van der Waals surface area contributed by atoms with Crippen LogP contribution in [0, 0.1) is 5.92 Å². The molecule has 3 N–H and O–H groups in total. The monoisotopic (exact) mass is 448 g/mol. The first kappa shape index (κ1) is 23.0. The molecule has 174 valence electrons. The summed E-state index contributed by atoms with van der Waals surface area (Å²) in [6.07, 6.45) is 4.11. The molecule has 2 fully saturated rings. The summed E-state index contributed by atoms with van der Waals surface area (Å²) in [5.74, 6) is -0.128. The fraction of sp³-hybridized carbons (Fsp3) is 0.423. The van der Waals surface area contributed by atoms with Crippen molar-refractivity contribution in [3.8, 4) is 0 Å². The molecule has 4 rings (SSSR count). The highest BCUT2D eigenvalue weighted by atomic mass is 16.2. The predicted molar refractivity (Wildman–Crippen MR) is 128 cm³/mol. The number of carbonyl (C=O) groups is 3. The van der Waals surface area contributed by atoms with E-state index in [1.165, 1.54) is 18.1 Å². The maximum absolute atomic E-state index is 12.9. The summed E-state index contributed by atoms with van der Waals surface area (Å²) in [6.45, 7) is 4.08. The van der Waals surface area contributed by atoms with E-state index < -0.39 is 5.54 Å². The van der Waals surface area contributed by atoms with E-state index in [9.17, 15) is 14.4 Å². The molecule has 0 spiro atoms. The average molecular weight is 449 g/mol. The Labute approximate surface area is 194 Å². The van der Waals surface area contributed by atoms with Gasteiger partial charge in [-0.1, -0.05) is 42.5 Å². The molecular formula is C26H32N4O3. The fourth-order valence-corrected chi connectivity index (χ4v) is 5.13. The molecule has 0 radical (unpaired) electrons. The molecule has 0 bridgehead atoms. The summed E-state index contributed by atoms with van der Waals surface area (Å²) in [6, 6.07) is 17.8. The summed E-state index contributed by atoms with van der Waals surface area (Å²) >= 11 is 0. The molecule has 33 heavy (non-hydrogen) atoms. The lowest BCUT2D eigenvalue weighted by molar-refractivity contribution is -0.127. The molecule has 7 nitrogen and oxygen atoms in total. The number of piperidine rings is 1. The summed E-state index contributed by atoms with van der Waals surface area (Å²) in [7, 11) is 0. The van der Waals surface area contributed by atoms with Crippen molar-refractivity contribution in [3.63, 3.8) is 0 Å². The third-order valence-corrected chi connectivity index (χ3v) is 6.81. The van der Waals surface area contributed by atoms with Crippen LogP contribution < -0.4 is 16.0 Å². The van der Waals surface area contributed by atoms with Gasteiger partial charge in [0.2, 0.25) is 5.91 Å². The van der Waals surface area contributed by atoms with E-state index in [2.05, 4.69) is 33.0 Å². The van der Waals surface area contributed by atoms with Gasteiger partial charge in [0.05, 0.1) is 0 Å². The highest BCUT2D eigenvalue weighted by Crippen LogP contribution is 2.35. The van der Waals surface area contributed by atoms with E-state index in [1.54, 1.807) is 0 Å². The van der Waals surface area contributed by atoms with E-state index in [0.29, 0.717) is 6.42 Å². The van der Waals surface area contributed by atoms with Crippen LogP contribution in [-0.4, -0.2) is 41.4 Å². The lowest BCUT2D eigenvalue weighted by Gasteiger charge is -2.40. The van der Waals surface area contributed by atoms with E-state index in [0.717, 1.165) is 51.0 Å². The van der Waals surface area contributed by atoms with Crippen LogP contribution in [0.15, 0.2) is 54.6 Å². The van der Waals surface area contributed by atoms with Gasteiger partial charge >= 0.3 is 6.03 Å². The van der Waals surface area contributed by atoms with Crippen molar-refractivity contribution in [2.45, 2.75) is 51.1 Å². The number of rotatable bonds is 8. The zero-order chi connectivity index (χ0) is 23.3. The standard InChI is InChI=1S/C26H32N4O3/c1-19(31)27-23-11-9-21(10-12-23)18-30-16-13-22(14-17-30)26(24(32)28-25(33)29-26)15-5-8-20-6-3-2-4-7-20/h2-4,6-7,9-12,22H,5,8,13-18H2,1H3,(H,27,31)(H2,28,29,32,33)/t26-/m0/s1. The van der Waals surface area contributed by atoms with Gasteiger partial charge in [-0.3, -0.25) is 19.8 Å². The van der Waals surface area contributed by atoms with Crippen molar-refractivity contribution in [2.75, 3.05) is 18.4 Å². The average Bonchev–Trinajstić information content (AvgIpc) is 3.10. The molecule has 0 aromatic heterocycles. The smallest absolute Gasteiger partial charge is 0.322 e. The second kappa shape index (κ2) is 10.2. The molecule has 2 aromatic carbocycles. The first-order chi connectivity index (χ1) is 15.9. The van der Waals surface area contributed by atoms with Gasteiger partial charge in [0.25, 0.3) is 5.91 Å². The van der Waals surface area contributed by atoms with Crippen LogP contribution in [0.1, 0.15) is 43.7 Å². The summed E-state index contributed by atoms with van der Waals surface area (Å²) in [5.41, 5.74) is 2.42. The SMILES string of the molecule is CC(=O)Nc1ccc(CN2CCC([C@]3(CCCc4ccccc4)NC(=O)NC3=O)CC2)cc1. The van der Waals surface area contributed by atoms with E-state index >= 15 is 0 Å². The minimum Gasteiger partial charge on any atom is -0.326 e. The number of hydrogen-bond donors (Lipinski definition) is 3. The molecule has 1 atom stereocenters. The van der Waals surface area contributed by atoms with Crippen LogP contribution in [0.3, 0.4) is 0 Å². The van der Waals surface area contributed by atoms with Crippen molar-refractivity contribution in [1.82, 2.24) is 15.5 Å². The van der Waals surface area contributed by atoms with Crippen LogP contribution in [-0.2, 0) is 22.6 Å². The number of nitrogens with zero attached hydrogens (tertiary/aromatic N) is 1. The Balaban J connectivity index is 1.34. The van der Waals surface area contributed by atoms with E-state index in [-0.39, 0.29) is 23.8 Å². The second-order valence-corrected chi connectivity index (χ2v) is 9.15. The lowest BCUT2D eigenvalue weighted by Crippen LogP contribution is -2.56. The summed E-state index contributed by atoms with van der Waals surface area (Å²) in [5, 5.41) is 8.28.